The number of fused-ring (bicyclic) bond motifs is 2. The number of furan rings is 1. The normalized spacial score (nSPS) is 10.6. The Morgan fingerprint density at radius 3 is 2.11 bits per heavy atom. The molecule has 150 valence electrons. The standard InChI is InChI=1S/C14H10O4.C8H16O2/c1-7(15)11-6-10-12(16)8-4-2-3-5-9(8)13(17)14(10)18-11;1-2-3-4-5-6-7-8(9)10/h2-6,16-17H,1H3;2-7H2,1H3,(H,9,10). The van der Waals surface area contributed by atoms with Gasteiger partial charge in [0.1, 0.15) is 5.75 Å². The van der Waals surface area contributed by atoms with Crippen LogP contribution in [0.25, 0.3) is 21.7 Å². The summed E-state index contributed by atoms with van der Waals surface area (Å²) in [6, 6.07) is 8.34. The molecule has 0 fully saturated rings. The molecule has 0 saturated heterocycles. The van der Waals surface area contributed by atoms with Crippen molar-refractivity contribution < 1.29 is 29.3 Å². The van der Waals surface area contributed by atoms with Crippen molar-refractivity contribution in [2.24, 2.45) is 0 Å². The lowest BCUT2D eigenvalue weighted by molar-refractivity contribution is -0.137. The number of Topliss-reactive ketones (excluding diaryl/α,β-unsaturated/α-hetero) is 1. The molecule has 0 aliphatic rings. The van der Waals surface area contributed by atoms with Gasteiger partial charge in [-0.1, -0.05) is 56.9 Å². The molecular formula is C22H26O6. The minimum atomic E-state index is -0.670. The van der Waals surface area contributed by atoms with E-state index in [1.54, 1.807) is 24.3 Å². The summed E-state index contributed by atoms with van der Waals surface area (Å²) < 4.78 is 5.29. The molecule has 1 heterocycles. The zero-order chi connectivity index (χ0) is 20.7. The van der Waals surface area contributed by atoms with E-state index in [0.29, 0.717) is 22.6 Å². The number of carboxylic acids is 1. The number of carbonyl (C=O) groups is 2. The van der Waals surface area contributed by atoms with Gasteiger partial charge in [-0.3, -0.25) is 9.59 Å². The first-order valence-electron chi connectivity index (χ1n) is 9.45. The van der Waals surface area contributed by atoms with Crippen molar-refractivity contribution in [2.75, 3.05) is 0 Å². The molecule has 6 nitrogen and oxygen atoms in total. The van der Waals surface area contributed by atoms with Gasteiger partial charge in [-0.25, -0.2) is 0 Å². The van der Waals surface area contributed by atoms with E-state index in [1.807, 2.05) is 0 Å². The number of ketones is 1. The van der Waals surface area contributed by atoms with Gasteiger partial charge in [-0.15, -0.1) is 0 Å². The summed E-state index contributed by atoms with van der Waals surface area (Å²) in [5.41, 5.74) is 0.136. The first-order valence-corrected chi connectivity index (χ1v) is 9.45. The van der Waals surface area contributed by atoms with E-state index >= 15 is 0 Å². The van der Waals surface area contributed by atoms with Crippen LogP contribution in [0.3, 0.4) is 0 Å². The maximum absolute atomic E-state index is 11.3. The Morgan fingerprint density at radius 2 is 1.54 bits per heavy atom. The molecule has 6 heteroatoms. The monoisotopic (exact) mass is 386 g/mol. The van der Waals surface area contributed by atoms with Crippen LogP contribution >= 0.6 is 0 Å². The van der Waals surface area contributed by atoms with Gasteiger partial charge in [-0.05, 0) is 12.5 Å². The number of unbranched alkanes of at least 4 members (excludes halogenated alkanes) is 4. The third kappa shape index (κ3) is 5.03. The lowest BCUT2D eigenvalue weighted by atomic mass is 10.1. The highest BCUT2D eigenvalue weighted by Gasteiger charge is 2.18. The molecule has 1 aromatic heterocycles. The number of phenols is 2. The van der Waals surface area contributed by atoms with Crippen LogP contribution in [-0.4, -0.2) is 27.1 Å². The van der Waals surface area contributed by atoms with Crippen LogP contribution in [0, 0.1) is 0 Å². The van der Waals surface area contributed by atoms with Gasteiger partial charge in [0.05, 0.1) is 5.39 Å². The molecule has 0 bridgehead atoms. The zero-order valence-corrected chi connectivity index (χ0v) is 16.2. The minimum Gasteiger partial charge on any atom is -0.507 e. The molecule has 0 amide bonds. The Hall–Kier alpha value is -3.02. The molecule has 3 rings (SSSR count). The molecule has 28 heavy (non-hydrogen) atoms. The molecular weight excluding hydrogens is 360 g/mol. The van der Waals surface area contributed by atoms with Crippen LogP contribution < -0.4 is 0 Å². The summed E-state index contributed by atoms with van der Waals surface area (Å²) in [6.07, 6.45) is 5.88. The predicted octanol–water partition coefficient (Wildman–Crippen LogP) is 5.63. The van der Waals surface area contributed by atoms with Crippen LogP contribution in [0.5, 0.6) is 11.5 Å². The Labute approximate surface area is 163 Å². The van der Waals surface area contributed by atoms with E-state index < -0.39 is 5.97 Å². The summed E-state index contributed by atoms with van der Waals surface area (Å²) in [4.78, 5) is 21.3. The SMILES string of the molecule is CC(=O)c1cc2c(O)c3ccccc3c(O)c2o1.CCCCCCCC(=O)O. The summed E-state index contributed by atoms with van der Waals surface area (Å²) in [6.45, 7) is 3.52. The van der Waals surface area contributed by atoms with Crippen molar-refractivity contribution in [2.45, 2.75) is 52.4 Å². The zero-order valence-electron chi connectivity index (χ0n) is 16.2. The Morgan fingerprint density at radius 1 is 0.929 bits per heavy atom. The molecule has 0 spiro atoms. The number of aliphatic carboxylic acids is 1. The number of aromatic hydroxyl groups is 2. The van der Waals surface area contributed by atoms with Gasteiger partial charge < -0.3 is 19.7 Å². The van der Waals surface area contributed by atoms with Crippen LogP contribution in [0.4, 0.5) is 0 Å². The molecule has 0 radical (unpaired) electrons. The topological polar surface area (TPSA) is 108 Å². The summed E-state index contributed by atoms with van der Waals surface area (Å²) >= 11 is 0. The highest BCUT2D eigenvalue weighted by molar-refractivity contribution is 6.10. The number of benzene rings is 2. The maximum atomic E-state index is 11.3. The number of carboxylic acid groups (broad SMARTS) is 1. The molecule has 0 saturated carbocycles. The van der Waals surface area contributed by atoms with E-state index in [-0.39, 0.29) is 28.6 Å². The van der Waals surface area contributed by atoms with Crippen LogP contribution in [0.15, 0.2) is 34.7 Å². The molecule has 0 aliphatic carbocycles. The van der Waals surface area contributed by atoms with Gasteiger partial charge in [0.15, 0.2) is 22.9 Å². The third-order valence-corrected chi connectivity index (χ3v) is 4.48. The average molecular weight is 386 g/mol. The van der Waals surface area contributed by atoms with Crippen molar-refractivity contribution in [1.29, 1.82) is 0 Å². The first-order chi connectivity index (χ1) is 13.4. The van der Waals surface area contributed by atoms with E-state index in [2.05, 4.69) is 6.92 Å². The predicted molar refractivity (Wildman–Crippen MR) is 108 cm³/mol. The number of rotatable bonds is 7. The number of carbonyl (C=O) groups excluding carboxylic acids is 1. The minimum absolute atomic E-state index is 0.00894. The second-order valence-corrected chi connectivity index (χ2v) is 6.71. The van der Waals surface area contributed by atoms with Crippen molar-refractivity contribution >= 4 is 33.5 Å². The fourth-order valence-electron chi connectivity index (χ4n) is 2.96. The smallest absolute Gasteiger partial charge is 0.303 e. The van der Waals surface area contributed by atoms with E-state index in [4.69, 9.17) is 9.52 Å². The lowest BCUT2D eigenvalue weighted by Crippen LogP contribution is -1.93. The van der Waals surface area contributed by atoms with Crippen molar-refractivity contribution in [3.63, 3.8) is 0 Å². The Kier molecular flexibility index (Phi) is 7.44. The largest absolute Gasteiger partial charge is 0.507 e. The Bertz CT molecular complexity index is 911. The molecule has 0 atom stereocenters. The number of phenolic OH excluding ortho intramolecular Hbond substituents is 2. The average Bonchev–Trinajstić information content (AvgIpc) is 3.13. The van der Waals surface area contributed by atoms with Crippen LogP contribution in [-0.2, 0) is 4.79 Å². The quantitative estimate of drug-likeness (QED) is 0.276. The van der Waals surface area contributed by atoms with E-state index in [1.165, 1.54) is 32.3 Å². The van der Waals surface area contributed by atoms with Gasteiger partial charge in [0, 0.05) is 24.1 Å². The Balaban J connectivity index is 0.000000242. The second-order valence-electron chi connectivity index (χ2n) is 6.71. The van der Waals surface area contributed by atoms with Crippen molar-refractivity contribution in [3.05, 3.63) is 36.1 Å². The molecule has 0 aliphatic heterocycles. The van der Waals surface area contributed by atoms with E-state index in [0.717, 1.165) is 12.8 Å². The summed E-state index contributed by atoms with van der Waals surface area (Å²) in [5.74, 6) is -0.864. The molecule has 0 unspecified atom stereocenters. The van der Waals surface area contributed by atoms with Gasteiger partial charge in [0.25, 0.3) is 0 Å². The van der Waals surface area contributed by atoms with Gasteiger partial charge in [0.2, 0.25) is 0 Å². The van der Waals surface area contributed by atoms with Crippen LogP contribution in [0.1, 0.15) is 62.9 Å². The van der Waals surface area contributed by atoms with Crippen LogP contribution in [0.2, 0.25) is 0 Å². The third-order valence-electron chi connectivity index (χ3n) is 4.48. The van der Waals surface area contributed by atoms with Crippen molar-refractivity contribution in [3.8, 4) is 11.5 Å². The molecule has 3 aromatic rings. The van der Waals surface area contributed by atoms with E-state index in [9.17, 15) is 19.8 Å². The number of hydrogen-bond acceptors (Lipinski definition) is 5. The number of hydrogen-bond donors (Lipinski definition) is 3. The second kappa shape index (κ2) is 9.78. The molecule has 3 N–H and O–H groups in total. The summed E-state index contributed by atoms with van der Waals surface area (Å²) in [5, 5.41) is 29.9. The highest BCUT2D eigenvalue weighted by atomic mass is 16.4. The highest BCUT2D eigenvalue weighted by Crippen LogP contribution is 2.42. The van der Waals surface area contributed by atoms with Gasteiger partial charge in [-0.2, -0.15) is 0 Å². The summed E-state index contributed by atoms with van der Waals surface area (Å²) in [7, 11) is 0. The maximum Gasteiger partial charge on any atom is 0.303 e. The molecule has 2 aromatic carbocycles. The lowest BCUT2D eigenvalue weighted by Gasteiger charge is -2.04. The van der Waals surface area contributed by atoms with Crippen molar-refractivity contribution in [1.82, 2.24) is 0 Å². The fourth-order valence-corrected chi connectivity index (χ4v) is 2.96. The first kappa shape index (κ1) is 21.3. The van der Waals surface area contributed by atoms with Gasteiger partial charge >= 0.3 is 5.97 Å². The fraction of sp³-hybridized carbons (Fsp3) is 0.364.